The molecule has 63 heavy (non-hydrogen) atoms. The standard InChI is InChI=1S/C43H47FN4O15/c1-6-20(2)36(40(57)45-29(13-14-34(53)60-4)39(56)48-37(21(3)49)41(58)46-30(31(52)19-44)18-35(54)61-5)47-38(55)22-7-10-25-28(15-22)43(63-42(25)59)26-11-8-23(50)16-32(26)62-33-17-24(51)9-12-27(33)43/h7-12,15-17,20-21,29-30,36-37,49-51H,6,13-14,18-19H2,1-5H3,(H,45,57)(H,46,58)(H,47,55)(H,48,56)/t20-,21+,29-,30?,36-,37-/m0/s1. The Kier molecular flexibility index (Phi) is 14.7. The van der Waals surface area contributed by atoms with E-state index in [0.717, 1.165) is 21.1 Å². The van der Waals surface area contributed by atoms with Crippen molar-refractivity contribution in [3.8, 4) is 23.0 Å². The topological polar surface area (TPSA) is 282 Å². The lowest BCUT2D eigenvalue weighted by atomic mass is 9.77. The molecule has 0 saturated heterocycles. The van der Waals surface area contributed by atoms with Gasteiger partial charge in [-0.15, -0.1) is 0 Å². The van der Waals surface area contributed by atoms with Crippen LogP contribution in [0.15, 0.2) is 54.6 Å². The molecular formula is C43H47FN4O15. The number of nitrogens with one attached hydrogen (secondary N) is 4. The van der Waals surface area contributed by atoms with Crippen molar-refractivity contribution in [2.75, 3.05) is 20.9 Å². The summed E-state index contributed by atoms with van der Waals surface area (Å²) in [5.74, 6) is -8.31. The van der Waals surface area contributed by atoms with Crippen LogP contribution in [0.1, 0.15) is 83.9 Å². The molecule has 0 aromatic heterocycles. The second kappa shape index (κ2) is 19.7. The summed E-state index contributed by atoms with van der Waals surface area (Å²) < 4.78 is 34.6. The maximum absolute atomic E-state index is 14.1. The first-order valence-corrected chi connectivity index (χ1v) is 19.7. The summed E-state index contributed by atoms with van der Waals surface area (Å²) >= 11 is 0. The van der Waals surface area contributed by atoms with Crippen LogP contribution in [-0.2, 0) is 48.6 Å². The highest BCUT2D eigenvalue weighted by Crippen LogP contribution is 2.57. The zero-order chi connectivity index (χ0) is 46.3. The first-order chi connectivity index (χ1) is 29.9. The molecule has 0 fully saturated rings. The minimum Gasteiger partial charge on any atom is -0.508 e. The van der Waals surface area contributed by atoms with E-state index >= 15 is 0 Å². The van der Waals surface area contributed by atoms with Crippen LogP contribution < -0.4 is 26.0 Å². The Labute approximate surface area is 359 Å². The van der Waals surface area contributed by atoms with E-state index in [9.17, 15) is 58.1 Å². The largest absolute Gasteiger partial charge is 0.508 e. The molecule has 0 bridgehead atoms. The van der Waals surface area contributed by atoms with Gasteiger partial charge in [-0.1, -0.05) is 20.3 Å². The maximum atomic E-state index is 14.1. The van der Waals surface area contributed by atoms with Crippen molar-refractivity contribution in [3.63, 3.8) is 0 Å². The number of rotatable bonds is 18. The molecule has 7 N–H and O–H groups in total. The number of hydrogen-bond acceptors (Lipinski definition) is 15. The monoisotopic (exact) mass is 878 g/mol. The lowest BCUT2D eigenvalue weighted by molar-refractivity contribution is -0.144. The van der Waals surface area contributed by atoms with Gasteiger partial charge in [0.1, 0.15) is 53.8 Å². The van der Waals surface area contributed by atoms with E-state index in [0.29, 0.717) is 17.5 Å². The minimum absolute atomic E-state index is 0.0257. The number of aliphatic hydroxyl groups is 1. The van der Waals surface area contributed by atoms with E-state index in [1.807, 2.05) is 0 Å². The Balaban J connectivity index is 1.43. The number of benzene rings is 3. The van der Waals surface area contributed by atoms with Gasteiger partial charge < -0.3 is 55.5 Å². The fraction of sp³-hybridized carbons (Fsp3) is 0.395. The van der Waals surface area contributed by atoms with Crippen molar-refractivity contribution in [2.24, 2.45) is 5.92 Å². The van der Waals surface area contributed by atoms with Gasteiger partial charge in [0, 0.05) is 40.8 Å². The Morgan fingerprint density at radius 2 is 1.33 bits per heavy atom. The number of amides is 4. The number of ether oxygens (including phenoxy) is 4. The Hall–Kier alpha value is -7.09. The van der Waals surface area contributed by atoms with Gasteiger partial charge in [0.25, 0.3) is 5.91 Å². The molecule has 6 atom stereocenters. The quantitative estimate of drug-likeness (QED) is 0.0708. The van der Waals surface area contributed by atoms with Gasteiger partial charge in [0.2, 0.25) is 17.7 Å². The summed E-state index contributed by atoms with van der Waals surface area (Å²) in [6.45, 7) is 2.95. The highest BCUT2D eigenvalue weighted by molar-refractivity contribution is 6.02. The van der Waals surface area contributed by atoms with Crippen LogP contribution in [0.4, 0.5) is 4.39 Å². The van der Waals surface area contributed by atoms with E-state index in [-0.39, 0.29) is 39.7 Å². The summed E-state index contributed by atoms with van der Waals surface area (Å²) in [5, 5.41) is 40.6. The third kappa shape index (κ3) is 10.0. The van der Waals surface area contributed by atoms with Crippen LogP contribution >= 0.6 is 0 Å². The summed E-state index contributed by atoms with van der Waals surface area (Å²) in [7, 11) is 2.11. The van der Waals surface area contributed by atoms with Gasteiger partial charge in [0.05, 0.1) is 32.3 Å². The van der Waals surface area contributed by atoms with Crippen LogP contribution in [0.3, 0.4) is 0 Å². The van der Waals surface area contributed by atoms with Crippen LogP contribution in [0, 0.1) is 5.92 Å². The lowest BCUT2D eigenvalue weighted by Crippen LogP contribution is -2.60. The van der Waals surface area contributed by atoms with Gasteiger partial charge in [0.15, 0.2) is 11.4 Å². The minimum atomic E-state index is -1.82. The number of aromatic hydroxyl groups is 2. The fourth-order valence-electron chi connectivity index (χ4n) is 7.17. The summed E-state index contributed by atoms with van der Waals surface area (Å²) in [5.41, 5.74) is -0.802. The number of esters is 3. The molecule has 0 saturated carbocycles. The number of alkyl halides is 1. The number of phenolic OH excluding ortho intramolecular Hbond substituents is 2. The average Bonchev–Trinajstić information content (AvgIpc) is 3.55. The third-order valence-corrected chi connectivity index (χ3v) is 10.8. The number of carbonyl (C=O) groups is 8. The van der Waals surface area contributed by atoms with E-state index in [1.54, 1.807) is 13.8 Å². The summed E-state index contributed by atoms with van der Waals surface area (Å²) in [4.78, 5) is 105. The smallest absolute Gasteiger partial charge is 0.340 e. The second-order valence-electron chi connectivity index (χ2n) is 15.0. The number of ketones is 1. The van der Waals surface area contributed by atoms with Gasteiger partial charge in [-0.2, -0.15) is 0 Å². The SMILES string of the molecule is CC[C@H](C)[C@H](NC(=O)c1ccc2c(c1)C1(OC2=O)c2ccc(O)cc2Oc2cc(O)ccc21)C(=O)N[C@@H](CCC(=O)OC)C(=O)N[C@H](C(=O)NC(CC(=O)OC)C(=O)CF)[C@@H](C)O. The van der Waals surface area contributed by atoms with Crippen molar-refractivity contribution in [1.29, 1.82) is 0 Å². The van der Waals surface area contributed by atoms with Gasteiger partial charge in [-0.05, 0) is 61.7 Å². The maximum Gasteiger partial charge on any atom is 0.340 e. The molecule has 1 unspecified atom stereocenters. The number of methoxy groups -OCH3 is 2. The number of Topliss-reactive ketones (excluding diaryl/α,β-unsaturated/α-hetero) is 1. The van der Waals surface area contributed by atoms with Crippen molar-refractivity contribution in [2.45, 2.75) is 82.3 Å². The number of aliphatic hydroxyl groups excluding tert-OH is 1. The molecule has 0 aliphatic carbocycles. The van der Waals surface area contributed by atoms with E-state index in [1.165, 1.54) is 54.6 Å². The Bertz CT molecular complexity index is 2270. The van der Waals surface area contributed by atoms with Crippen LogP contribution in [-0.4, -0.2) is 114 Å². The molecular weight excluding hydrogens is 831 g/mol. The van der Waals surface area contributed by atoms with Gasteiger partial charge in [-0.3, -0.25) is 33.6 Å². The number of halogens is 1. The van der Waals surface area contributed by atoms with Crippen molar-refractivity contribution in [3.05, 3.63) is 82.4 Å². The highest BCUT2D eigenvalue weighted by Gasteiger charge is 2.54. The molecule has 4 amide bonds. The highest BCUT2D eigenvalue weighted by atomic mass is 19.1. The molecule has 1 spiro atoms. The van der Waals surface area contributed by atoms with Crippen molar-refractivity contribution in [1.82, 2.24) is 21.3 Å². The lowest BCUT2D eigenvalue weighted by Gasteiger charge is -2.36. The van der Waals surface area contributed by atoms with Crippen molar-refractivity contribution < 1.29 is 77.0 Å². The first-order valence-electron chi connectivity index (χ1n) is 19.7. The normalized spacial score (nSPS) is 15.8. The zero-order valence-corrected chi connectivity index (χ0v) is 34.8. The molecule has 2 aliphatic heterocycles. The van der Waals surface area contributed by atoms with Crippen LogP contribution in [0.25, 0.3) is 0 Å². The van der Waals surface area contributed by atoms with Crippen molar-refractivity contribution >= 4 is 47.3 Å². The number of fused-ring (bicyclic) bond motifs is 6. The second-order valence-corrected chi connectivity index (χ2v) is 15.0. The Morgan fingerprint density at radius 3 is 1.89 bits per heavy atom. The molecule has 19 nitrogen and oxygen atoms in total. The number of hydrogen-bond donors (Lipinski definition) is 7. The summed E-state index contributed by atoms with van der Waals surface area (Å²) in [6, 6.07) is 6.00. The fourth-order valence-corrected chi connectivity index (χ4v) is 7.17. The van der Waals surface area contributed by atoms with E-state index in [4.69, 9.17) is 14.2 Å². The summed E-state index contributed by atoms with van der Waals surface area (Å²) in [6.07, 6.45) is -2.88. The predicted molar refractivity (Wildman–Crippen MR) is 215 cm³/mol. The zero-order valence-electron chi connectivity index (χ0n) is 34.8. The molecule has 5 rings (SSSR count). The van der Waals surface area contributed by atoms with Crippen LogP contribution in [0.2, 0.25) is 0 Å². The molecule has 336 valence electrons. The van der Waals surface area contributed by atoms with Gasteiger partial charge >= 0.3 is 17.9 Å². The number of phenols is 2. The van der Waals surface area contributed by atoms with Crippen LogP contribution in [0.5, 0.6) is 23.0 Å². The average molecular weight is 879 g/mol. The third-order valence-electron chi connectivity index (χ3n) is 10.8. The Morgan fingerprint density at radius 1 is 0.746 bits per heavy atom. The predicted octanol–water partition coefficient (Wildman–Crippen LogP) is 1.70. The molecule has 2 aliphatic rings. The molecule has 20 heteroatoms. The molecule has 3 aromatic carbocycles. The first kappa shape index (κ1) is 47.0. The number of carbonyl (C=O) groups excluding carboxylic acids is 8. The van der Waals surface area contributed by atoms with E-state index < -0.39 is 115 Å². The van der Waals surface area contributed by atoms with Gasteiger partial charge in [-0.25, -0.2) is 9.18 Å². The molecule has 2 heterocycles. The van der Waals surface area contributed by atoms with E-state index in [2.05, 4.69) is 26.0 Å². The molecule has 3 aromatic rings. The molecule has 0 radical (unpaired) electrons.